The van der Waals surface area contributed by atoms with Crippen LogP contribution in [0.1, 0.15) is 15.9 Å². The van der Waals surface area contributed by atoms with E-state index in [1.165, 1.54) is 18.2 Å². The van der Waals surface area contributed by atoms with Gasteiger partial charge in [-0.1, -0.05) is 41.6 Å². The van der Waals surface area contributed by atoms with E-state index < -0.39 is 0 Å². The van der Waals surface area contributed by atoms with Gasteiger partial charge in [0.05, 0.1) is 19.8 Å². The van der Waals surface area contributed by atoms with Gasteiger partial charge in [0, 0.05) is 12.1 Å². The lowest BCUT2D eigenvalue weighted by atomic mass is 9.99. The van der Waals surface area contributed by atoms with Crippen LogP contribution in [0.5, 0.6) is 0 Å². The van der Waals surface area contributed by atoms with Crippen LogP contribution in [0.3, 0.4) is 0 Å². The first kappa shape index (κ1) is 17.5. The number of oxime groups is 1. The number of benzene rings is 2. The highest BCUT2D eigenvalue weighted by Crippen LogP contribution is 2.26. The van der Waals surface area contributed by atoms with Gasteiger partial charge >= 0.3 is 0 Å². The zero-order chi connectivity index (χ0) is 18.8. The Morgan fingerprint density at radius 1 is 1.19 bits per heavy atom. The molecule has 0 saturated carbocycles. The molecule has 4 rings (SSSR count). The minimum atomic E-state index is -0.129. The molecule has 0 N–H and O–H groups in total. The van der Waals surface area contributed by atoms with Crippen LogP contribution in [0.2, 0.25) is 0 Å². The Balaban J connectivity index is 1.57. The summed E-state index contributed by atoms with van der Waals surface area (Å²) >= 11 is 0. The smallest absolute Gasteiger partial charge is 0.255 e. The molecule has 0 aliphatic carbocycles. The largest absolute Gasteiger partial charge is 0.398 e. The summed E-state index contributed by atoms with van der Waals surface area (Å²) in [5, 5.41) is 4.09. The highest BCUT2D eigenvalue weighted by Gasteiger charge is 2.41. The van der Waals surface area contributed by atoms with Gasteiger partial charge in [-0.3, -0.25) is 4.79 Å². The molecule has 0 bridgehead atoms. The zero-order valence-electron chi connectivity index (χ0n) is 15.6. The second-order valence-electron chi connectivity index (χ2n) is 6.76. The molecule has 1 atom stereocenters. The van der Waals surface area contributed by atoms with Crippen molar-refractivity contribution in [3.63, 3.8) is 0 Å². The third kappa shape index (κ3) is 3.28. The van der Waals surface area contributed by atoms with Crippen molar-refractivity contribution in [1.29, 1.82) is 0 Å². The summed E-state index contributed by atoms with van der Waals surface area (Å²) in [6.45, 7) is 4.35. The molecule has 2 aliphatic heterocycles. The van der Waals surface area contributed by atoms with E-state index in [1.54, 1.807) is 4.90 Å². The Labute approximate surface area is 159 Å². The van der Waals surface area contributed by atoms with Crippen molar-refractivity contribution >= 4 is 11.7 Å². The molecule has 6 nitrogen and oxygen atoms in total. The molecule has 0 radical (unpaired) electrons. The maximum Gasteiger partial charge on any atom is 0.255 e. The maximum absolute atomic E-state index is 13.1. The van der Waals surface area contributed by atoms with Gasteiger partial charge in [-0.15, -0.1) is 0 Å². The molecule has 0 aromatic heterocycles. The number of morpholine rings is 1. The van der Waals surface area contributed by atoms with Crippen LogP contribution in [0.4, 0.5) is 0 Å². The van der Waals surface area contributed by atoms with Crippen molar-refractivity contribution in [1.82, 2.24) is 9.80 Å². The van der Waals surface area contributed by atoms with Crippen LogP contribution >= 0.6 is 0 Å². The quantitative estimate of drug-likeness (QED) is 0.785. The number of ether oxygens (including phenoxy) is 1. The van der Waals surface area contributed by atoms with Gasteiger partial charge in [0.2, 0.25) is 0 Å². The molecule has 1 amide bonds. The monoisotopic (exact) mass is 365 g/mol. The van der Waals surface area contributed by atoms with Crippen molar-refractivity contribution in [3.05, 3.63) is 59.7 Å². The molecule has 2 fully saturated rings. The lowest BCUT2D eigenvalue weighted by Gasteiger charge is -2.34. The summed E-state index contributed by atoms with van der Waals surface area (Å²) < 4.78 is 5.58. The van der Waals surface area contributed by atoms with E-state index in [1.807, 2.05) is 36.4 Å². The SMILES string of the molecule is CO/N=C1/CN(C(=O)c2ccc(-c3ccccc3C)cc2)C2COCCN12. The van der Waals surface area contributed by atoms with Crippen molar-refractivity contribution in [2.75, 3.05) is 33.4 Å². The minimum Gasteiger partial charge on any atom is -0.398 e. The lowest BCUT2D eigenvalue weighted by Crippen LogP contribution is -2.50. The summed E-state index contributed by atoms with van der Waals surface area (Å²) in [7, 11) is 1.53. The zero-order valence-corrected chi connectivity index (χ0v) is 15.6. The summed E-state index contributed by atoms with van der Waals surface area (Å²) in [6.07, 6.45) is -0.129. The summed E-state index contributed by atoms with van der Waals surface area (Å²) in [5.41, 5.74) is 4.16. The van der Waals surface area contributed by atoms with E-state index in [9.17, 15) is 4.79 Å². The maximum atomic E-state index is 13.1. The van der Waals surface area contributed by atoms with E-state index in [-0.39, 0.29) is 12.1 Å². The van der Waals surface area contributed by atoms with Gasteiger partial charge in [0.15, 0.2) is 5.84 Å². The van der Waals surface area contributed by atoms with Crippen molar-refractivity contribution in [2.45, 2.75) is 13.1 Å². The number of amidine groups is 1. The minimum absolute atomic E-state index is 0.0202. The number of amides is 1. The van der Waals surface area contributed by atoms with Crippen LogP contribution in [-0.2, 0) is 9.57 Å². The average Bonchev–Trinajstić information content (AvgIpc) is 3.07. The molecule has 6 heteroatoms. The molecule has 0 spiro atoms. The Kier molecular flexibility index (Phi) is 4.81. The second-order valence-corrected chi connectivity index (χ2v) is 6.76. The second kappa shape index (κ2) is 7.40. The fourth-order valence-electron chi connectivity index (χ4n) is 3.75. The van der Waals surface area contributed by atoms with E-state index >= 15 is 0 Å². The van der Waals surface area contributed by atoms with Gasteiger partial charge in [-0.05, 0) is 35.7 Å². The van der Waals surface area contributed by atoms with E-state index in [0.29, 0.717) is 31.9 Å². The van der Waals surface area contributed by atoms with Crippen LogP contribution in [-0.4, -0.2) is 61.1 Å². The first-order valence-electron chi connectivity index (χ1n) is 9.10. The van der Waals surface area contributed by atoms with Gasteiger partial charge in [0.25, 0.3) is 5.91 Å². The number of rotatable bonds is 3. The van der Waals surface area contributed by atoms with E-state index in [4.69, 9.17) is 9.57 Å². The normalized spacial score (nSPS) is 20.7. The first-order chi connectivity index (χ1) is 13.2. The molecule has 2 aromatic rings. The van der Waals surface area contributed by atoms with Gasteiger partial charge < -0.3 is 19.4 Å². The fraction of sp³-hybridized carbons (Fsp3) is 0.333. The molecule has 2 aromatic carbocycles. The molecule has 2 aliphatic rings. The van der Waals surface area contributed by atoms with E-state index in [2.05, 4.69) is 29.1 Å². The summed E-state index contributed by atoms with van der Waals surface area (Å²) in [6, 6.07) is 16.0. The number of aryl methyl sites for hydroxylation is 1. The number of carbonyl (C=O) groups is 1. The Morgan fingerprint density at radius 2 is 1.96 bits per heavy atom. The fourth-order valence-corrected chi connectivity index (χ4v) is 3.75. The Hall–Kier alpha value is -2.86. The number of hydrogen-bond acceptors (Lipinski definition) is 4. The van der Waals surface area contributed by atoms with Crippen molar-refractivity contribution in [2.24, 2.45) is 5.16 Å². The van der Waals surface area contributed by atoms with Gasteiger partial charge in [-0.25, -0.2) is 0 Å². The van der Waals surface area contributed by atoms with Crippen LogP contribution < -0.4 is 0 Å². The molecular weight excluding hydrogens is 342 g/mol. The highest BCUT2D eigenvalue weighted by molar-refractivity contribution is 6.00. The van der Waals surface area contributed by atoms with Crippen LogP contribution in [0, 0.1) is 6.92 Å². The molecule has 2 heterocycles. The van der Waals surface area contributed by atoms with Crippen molar-refractivity contribution in [3.8, 4) is 11.1 Å². The standard InChI is InChI=1S/C21H23N3O3/c1-15-5-3-4-6-18(15)16-7-9-17(10-8-16)21(25)24-13-19(22-26-2)23-11-12-27-14-20(23)24/h3-10,20H,11-14H2,1-2H3/b22-19-. The predicted molar refractivity (Wildman–Crippen MR) is 103 cm³/mol. The van der Waals surface area contributed by atoms with E-state index in [0.717, 1.165) is 11.4 Å². The molecule has 1 unspecified atom stereocenters. The predicted octanol–water partition coefficient (Wildman–Crippen LogP) is 2.74. The average molecular weight is 365 g/mol. The molecular formula is C21H23N3O3. The molecule has 2 saturated heterocycles. The Bertz CT molecular complexity index is 863. The Morgan fingerprint density at radius 3 is 2.70 bits per heavy atom. The summed E-state index contributed by atoms with van der Waals surface area (Å²) in [4.78, 5) is 22.0. The number of nitrogens with zero attached hydrogens (tertiary/aromatic N) is 3. The summed E-state index contributed by atoms with van der Waals surface area (Å²) in [5.74, 6) is 0.754. The highest BCUT2D eigenvalue weighted by atomic mass is 16.6. The van der Waals surface area contributed by atoms with Crippen LogP contribution in [0.15, 0.2) is 53.7 Å². The molecule has 27 heavy (non-hydrogen) atoms. The van der Waals surface area contributed by atoms with Gasteiger partial charge in [0.1, 0.15) is 13.3 Å². The number of hydrogen-bond donors (Lipinski definition) is 0. The number of fused-ring (bicyclic) bond motifs is 1. The lowest BCUT2D eigenvalue weighted by molar-refractivity contribution is -0.0144. The molecule has 140 valence electrons. The van der Waals surface area contributed by atoms with Gasteiger partial charge in [-0.2, -0.15) is 0 Å². The van der Waals surface area contributed by atoms with Crippen LogP contribution in [0.25, 0.3) is 11.1 Å². The third-order valence-corrected chi connectivity index (χ3v) is 5.15. The number of carbonyl (C=O) groups excluding carboxylic acids is 1. The first-order valence-corrected chi connectivity index (χ1v) is 9.10. The topological polar surface area (TPSA) is 54.4 Å². The third-order valence-electron chi connectivity index (χ3n) is 5.15. The van der Waals surface area contributed by atoms with Crippen molar-refractivity contribution < 1.29 is 14.4 Å².